The minimum Gasteiger partial charge on any atom is -0.456 e. The SMILES string of the molecule is N#Cc1c(Cl)cccc1Oc1ccc(S(=O)(=O)N2CCC(O)C2)cc1. The topological polar surface area (TPSA) is 90.6 Å². The van der Waals surface area contributed by atoms with E-state index in [-0.39, 0.29) is 22.0 Å². The van der Waals surface area contributed by atoms with Gasteiger partial charge in [0.05, 0.1) is 16.0 Å². The number of sulfonamides is 1. The fourth-order valence-electron chi connectivity index (χ4n) is 2.58. The maximum Gasteiger partial charge on any atom is 0.243 e. The summed E-state index contributed by atoms with van der Waals surface area (Å²) in [7, 11) is -3.64. The van der Waals surface area contributed by atoms with Crippen molar-refractivity contribution in [2.24, 2.45) is 0 Å². The third-order valence-electron chi connectivity index (χ3n) is 3.90. The molecule has 1 saturated heterocycles. The number of aliphatic hydroxyl groups excluding tert-OH is 1. The second kappa shape index (κ2) is 7.02. The fourth-order valence-corrected chi connectivity index (χ4v) is 4.28. The molecule has 2 aromatic carbocycles. The lowest BCUT2D eigenvalue weighted by Gasteiger charge is -2.16. The first-order chi connectivity index (χ1) is 11.9. The van der Waals surface area contributed by atoms with Crippen LogP contribution in [-0.2, 0) is 10.0 Å². The highest BCUT2D eigenvalue weighted by molar-refractivity contribution is 7.89. The Morgan fingerprint density at radius 1 is 1.24 bits per heavy atom. The molecular formula is C17H15ClN2O4S. The standard InChI is InChI=1S/C17H15ClN2O4S/c18-16-2-1-3-17(15(16)10-19)24-13-4-6-14(7-5-13)25(22,23)20-9-8-12(21)11-20/h1-7,12,21H,8-9,11H2. The van der Waals surface area contributed by atoms with Gasteiger partial charge in [0.2, 0.25) is 10.0 Å². The van der Waals surface area contributed by atoms with Crippen molar-refractivity contribution in [1.82, 2.24) is 4.31 Å². The molecule has 1 atom stereocenters. The molecule has 6 nitrogen and oxygen atoms in total. The number of benzene rings is 2. The third kappa shape index (κ3) is 3.62. The smallest absolute Gasteiger partial charge is 0.243 e. The molecule has 1 N–H and O–H groups in total. The Bertz CT molecular complexity index is 923. The Kier molecular flexibility index (Phi) is 4.97. The zero-order chi connectivity index (χ0) is 18.0. The van der Waals surface area contributed by atoms with Crippen molar-refractivity contribution in [2.45, 2.75) is 17.4 Å². The predicted molar refractivity (Wildman–Crippen MR) is 92.1 cm³/mol. The number of halogens is 1. The number of rotatable bonds is 4. The molecule has 0 spiro atoms. The molecule has 25 heavy (non-hydrogen) atoms. The largest absolute Gasteiger partial charge is 0.456 e. The van der Waals surface area contributed by atoms with Crippen LogP contribution in [0.15, 0.2) is 47.4 Å². The molecule has 1 fully saturated rings. The van der Waals surface area contributed by atoms with E-state index in [0.717, 1.165) is 0 Å². The van der Waals surface area contributed by atoms with Crippen LogP contribution in [0.3, 0.4) is 0 Å². The Hall–Kier alpha value is -2.11. The lowest BCUT2D eigenvalue weighted by molar-refractivity contribution is 0.189. The summed E-state index contributed by atoms with van der Waals surface area (Å²) in [6.45, 7) is 0.407. The summed E-state index contributed by atoms with van der Waals surface area (Å²) in [6, 6.07) is 12.7. The van der Waals surface area contributed by atoms with Gasteiger partial charge in [0.25, 0.3) is 0 Å². The zero-order valence-corrected chi connectivity index (χ0v) is 14.7. The molecule has 0 aliphatic carbocycles. The van der Waals surface area contributed by atoms with Gasteiger partial charge in [0.15, 0.2) is 0 Å². The summed E-state index contributed by atoms with van der Waals surface area (Å²) in [5.74, 6) is 0.687. The van der Waals surface area contributed by atoms with E-state index in [2.05, 4.69) is 0 Å². The van der Waals surface area contributed by atoms with Crippen LogP contribution >= 0.6 is 11.6 Å². The normalized spacial score (nSPS) is 18.0. The van der Waals surface area contributed by atoms with Crippen molar-refractivity contribution in [3.05, 3.63) is 53.1 Å². The van der Waals surface area contributed by atoms with Crippen molar-refractivity contribution in [2.75, 3.05) is 13.1 Å². The van der Waals surface area contributed by atoms with Crippen molar-refractivity contribution < 1.29 is 18.3 Å². The molecule has 1 aliphatic heterocycles. The number of ether oxygens (including phenoxy) is 1. The number of hydrogen-bond donors (Lipinski definition) is 1. The van der Waals surface area contributed by atoms with Crippen LogP contribution < -0.4 is 4.74 Å². The monoisotopic (exact) mass is 378 g/mol. The van der Waals surface area contributed by atoms with Gasteiger partial charge >= 0.3 is 0 Å². The highest BCUT2D eigenvalue weighted by Gasteiger charge is 2.31. The van der Waals surface area contributed by atoms with Crippen molar-refractivity contribution in [1.29, 1.82) is 5.26 Å². The van der Waals surface area contributed by atoms with E-state index >= 15 is 0 Å². The average molecular weight is 379 g/mol. The molecule has 0 bridgehead atoms. The minimum absolute atomic E-state index is 0.106. The first-order valence-electron chi connectivity index (χ1n) is 7.56. The summed E-state index contributed by atoms with van der Waals surface area (Å²) in [6.07, 6.45) is -0.184. The van der Waals surface area contributed by atoms with E-state index < -0.39 is 16.1 Å². The van der Waals surface area contributed by atoms with Crippen molar-refractivity contribution in [3.63, 3.8) is 0 Å². The Morgan fingerprint density at radius 2 is 1.96 bits per heavy atom. The van der Waals surface area contributed by atoms with E-state index in [1.54, 1.807) is 18.2 Å². The average Bonchev–Trinajstić information content (AvgIpc) is 3.03. The highest BCUT2D eigenvalue weighted by Crippen LogP contribution is 2.30. The molecule has 130 valence electrons. The first-order valence-corrected chi connectivity index (χ1v) is 9.38. The summed E-state index contributed by atoms with van der Waals surface area (Å²) in [5.41, 5.74) is 0.215. The second-order valence-electron chi connectivity index (χ2n) is 5.60. The van der Waals surface area contributed by atoms with E-state index in [1.165, 1.54) is 28.6 Å². The Labute approximate surface area is 150 Å². The quantitative estimate of drug-likeness (QED) is 0.883. The van der Waals surface area contributed by atoms with Crippen LogP contribution in [0, 0.1) is 11.3 Å². The van der Waals surface area contributed by atoms with Crippen LogP contribution in [0.2, 0.25) is 5.02 Å². The molecule has 0 aromatic heterocycles. The maximum atomic E-state index is 12.5. The van der Waals surface area contributed by atoms with E-state index in [9.17, 15) is 13.5 Å². The summed E-state index contributed by atoms with van der Waals surface area (Å²) in [5, 5.41) is 19.0. The van der Waals surface area contributed by atoms with Gasteiger partial charge in [0.1, 0.15) is 23.1 Å². The van der Waals surface area contributed by atoms with Crippen LogP contribution in [0.4, 0.5) is 0 Å². The lowest BCUT2D eigenvalue weighted by atomic mass is 10.2. The van der Waals surface area contributed by atoms with Gasteiger partial charge in [-0.3, -0.25) is 0 Å². The first kappa shape index (κ1) is 17.7. The molecule has 1 heterocycles. The number of nitriles is 1. The Balaban J connectivity index is 1.82. The fraction of sp³-hybridized carbons (Fsp3) is 0.235. The van der Waals surface area contributed by atoms with Gasteiger partial charge in [-0.15, -0.1) is 0 Å². The van der Waals surface area contributed by atoms with Gasteiger partial charge in [0, 0.05) is 13.1 Å². The molecule has 0 saturated carbocycles. The van der Waals surface area contributed by atoms with Crippen LogP contribution in [0.5, 0.6) is 11.5 Å². The van der Waals surface area contributed by atoms with Crippen LogP contribution in [0.1, 0.15) is 12.0 Å². The summed E-state index contributed by atoms with van der Waals surface area (Å²) < 4.78 is 31.9. The van der Waals surface area contributed by atoms with E-state index in [0.29, 0.717) is 24.5 Å². The predicted octanol–water partition coefficient (Wildman–Crippen LogP) is 2.76. The maximum absolute atomic E-state index is 12.5. The van der Waals surface area contributed by atoms with Gasteiger partial charge in [-0.05, 0) is 42.8 Å². The summed E-state index contributed by atoms with van der Waals surface area (Å²) >= 11 is 5.96. The molecule has 2 aromatic rings. The molecule has 3 rings (SSSR count). The molecule has 0 radical (unpaired) electrons. The zero-order valence-electron chi connectivity index (χ0n) is 13.1. The molecule has 8 heteroatoms. The number of β-amino-alcohol motifs (C(OH)–C–C–N with tert-alkyl or cyclic N) is 1. The molecule has 1 unspecified atom stereocenters. The van der Waals surface area contributed by atoms with Gasteiger partial charge in [-0.2, -0.15) is 9.57 Å². The van der Waals surface area contributed by atoms with Crippen molar-refractivity contribution in [3.8, 4) is 17.6 Å². The second-order valence-corrected chi connectivity index (χ2v) is 7.95. The number of nitrogens with zero attached hydrogens (tertiary/aromatic N) is 2. The number of hydrogen-bond acceptors (Lipinski definition) is 5. The third-order valence-corrected chi connectivity index (χ3v) is 6.10. The van der Waals surface area contributed by atoms with Gasteiger partial charge in [-0.1, -0.05) is 17.7 Å². The van der Waals surface area contributed by atoms with Gasteiger partial charge in [-0.25, -0.2) is 8.42 Å². The number of aliphatic hydroxyl groups is 1. The van der Waals surface area contributed by atoms with Gasteiger partial charge < -0.3 is 9.84 Å². The Morgan fingerprint density at radius 3 is 2.56 bits per heavy atom. The van der Waals surface area contributed by atoms with E-state index in [1.807, 2.05) is 6.07 Å². The van der Waals surface area contributed by atoms with Crippen LogP contribution in [0.25, 0.3) is 0 Å². The van der Waals surface area contributed by atoms with Crippen LogP contribution in [-0.4, -0.2) is 37.0 Å². The molecule has 1 aliphatic rings. The highest BCUT2D eigenvalue weighted by atomic mass is 35.5. The van der Waals surface area contributed by atoms with E-state index in [4.69, 9.17) is 21.6 Å². The van der Waals surface area contributed by atoms with Crippen molar-refractivity contribution >= 4 is 21.6 Å². The molecule has 0 amide bonds. The molecular weight excluding hydrogens is 364 g/mol. The summed E-state index contributed by atoms with van der Waals surface area (Å²) in [4.78, 5) is 0.126. The lowest BCUT2D eigenvalue weighted by Crippen LogP contribution is -2.29. The minimum atomic E-state index is -3.64.